The van der Waals surface area contributed by atoms with Crippen LogP contribution in [0.25, 0.3) is 0 Å². The van der Waals surface area contributed by atoms with E-state index in [2.05, 4.69) is 22.6 Å². The Kier molecular flexibility index (Phi) is 7.18. The standard InChI is InChI=1S/C21H31IO7/c1-2-25-16(24)12-13-6-7-15-18(26-13)20-19(17(27-15)14(23)8-11-22)28-21(29-20)9-4-3-5-10-21/h8,11,13-15,17-20,23H,2-7,9-10,12H2,1H3/b11-8+/t13-,14+,15+,17?,18?,19-,20+/m1/s1. The number of fused-ring (bicyclic) bond motifs is 3. The van der Waals surface area contributed by atoms with Gasteiger partial charge in [-0.2, -0.15) is 0 Å². The molecule has 4 fully saturated rings. The topological polar surface area (TPSA) is 83.5 Å². The molecule has 2 unspecified atom stereocenters. The SMILES string of the molecule is CCOC(=O)C[C@H]1CC[C@@H]2OC([C@@H](O)/C=C/I)[C@H]3OC4(CCCCC4)O[C@H]3C2O1. The van der Waals surface area contributed by atoms with E-state index in [1.165, 1.54) is 6.42 Å². The van der Waals surface area contributed by atoms with Crippen molar-refractivity contribution in [3.8, 4) is 0 Å². The fourth-order valence-corrected chi connectivity index (χ4v) is 5.54. The summed E-state index contributed by atoms with van der Waals surface area (Å²) in [5.41, 5.74) is 0. The Morgan fingerprint density at radius 2 is 1.93 bits per heavy atom. The molecular formula is C21H31IO7. The molecule has 4 aliphatic rings. The molecule has 0 radical (unpaired) electrons. The van der Waals surface area contributed by atoms with Crippen molar-refractivity contribution in [1.82, 2.24) is 0 Å². The van der Waals surface area contributed by atoms with E-state index in [-0.39, 0.29) is 36.8 Å². The third-order valence-corrected chi connectivity index (χ3v) is 6.83. The van der Waals surface area contributed by atoms with Crippen LogP contribution in [0.2, 0.25) is 0 Å². The van der Waals surface area contributed by atoms with E-state index in [4.69, 9.17) is 23.7 Å². The van der Waals surface area contributed by atoms with Gasteiger partial charge in [0, 0.05) is 12.8 Å². The lowest BCUT2D eigenvalue weighted by molar-refractivity contribution is -0.250. The highest BCUT2D eigenvalue weighted by molar-refractivity contribution is 14.1. The molecule has 3 aliphatic heterocycles. The summed E-state index contributed by atoms with van der Waals surface area (Å²) in [7, 11) is 0. The molecule has 0 bridgehead atoms. The molecule has 0 aromatic heterocycles. The molecule has 7 atom stereocenters. The number of ether oxygens (including phenoxy) is 5. The monoisotopic (exact) mass is 522 g/mol. The molecule has 29 heavy (non-hydrogen) atoms. The summed E-state index contributed by atoms with van der Waals surface area (Å²) in [6.45, 7) is 2.17. The highest BCUT2D eigenvalue weighted by Crippen LogP contribution is 2.47. The number of carbonyl (C=O) groups excluding carboxylic acids is 1. The summed E-state index contributed by atoms with van der Waals surface area (Å²) in [5.74, 6) is -0.841. The second kappa shape index (κ2) is 9.48. The number of esters is 1. The van der Waals surface area contributed by atoms with Gasteiger partial charge in [-0.15, -0.1) is 0 Å². The Bertz CT molecular complexity index is 606. The molecule has 7 nitrogen and oxygen atoms in total. The highest BCUT2D eigenvalue weighted by Gasteiger charge is 2.60. The van der Waals surface area contributed by atoms with Crippen LogP contribution in [-0.2, 0) is 28.5 Å². The lowest BCUT2D eigenvalue weighted by atomic mass is 9.87. The van der Waals surface area contributed by atoms with Crippen LogP contribution in [0.15, 0.2) is 10.2 Å². The average Bonchev–Trinajstić information content (AvgIpc) is 3.07. The Morgan fingerprint density at radius 3 is 2.66 bits per heavy atom. The van der Waals surface area contributed by atoms with Gasteiger partial charge in [-0.25, -0.2) is 0 Å². The van der Waals surface area contributed by atoms with Crippen LogP contribution in [-0.4, -0.2) is 66.2 Å². The van der Waals surface area contributed by atoms with Crippen molar-refractivity contribution in [3.05, 3.63) is 10.2 Å². The molecule has 3 heterocycles. The zero-order chi connectivity index (χ0) is 20.4. The van der Waals surface area contributed by atoms with Crippen LogP contribution < -0.4 is 0 Å². The van der Waals surface area contributed by atoms with Crippen molar-refractivity contribution < 1.29 is 33.6 Å². The third-order valence-electron chi connectivity index (χ3n) is 6.42. The first-order chi connectivity index (χ1) is 14.0. The molecule has 0 amide bonds. The van der Waals surface area contributed by atoms with E-state index in [1.807, 2.05) is 0 Å². The highest BCUT2D eigenvalue weighted by atomic mass is 127. The summed E-state index contributed by atoms with van der Waals surface area (Å²) in [4.78, 5) is 11.9. The molecule has 4 rings (SSSR count). The molecule has 1 aliphatic carbocycles. The van der Waals surface area contributed by atoms with Crippen molar-refractivity contribution in [2.75, 3.05) is 6.61 Å². The van der Waals surface area contributed by atoms with E-state index in [0.29, 0.717) is 13.0 Å². The number of hydrogen-bond acceptors (Lipinski definition) is 7. The zero-order valence-corrected chi connectivity index (χ0v) is 19.0. The minimum absolute atomic E-state index is 0.181. The predicted octanol–water partition coefficient (Wildman–Crippen LogP) is 3.01. The van der Waals surface area contributed by atoms with Gasteiger partial charge in [0.05, 0.1) is 25.2 Å². The van der Waals surface area contributed by atoms with Crippen molar-refractivity contribution in [2.45, 2.75) is 107 Å². The molecule has 1 N–H and O–H groups in total. The summed E-state index contributed by atoms with van der Waals surface area (Å²) < 4.78 is 32.5. The van der Waals surface area contributed by atoms with Crippen LogP contribution in [0, 0.1) is 0 Å². The first kappa shape index (κ1) is 22.0. The molecule has 164 valence electrons. The summed E-state index contributed by atoms with van der Waals surface area (Å²) in [6.07, 6.45) is 5.84. The van der Waals surface area contributed by atoms with Crippen molar-refractivity contribution in [2.24, 2.45) is 0 Å². The Morgan fingerprint density at radius 1 is 1.17 bits per heavy atom. The Balaban J connectivity index is 1.52. The second-order valence-electron chi connectivity index (χ2n) is 8.39. The quantitative estimate of drug-likeness (QED) is 0.439. The average molecular weight is 522 g/mol. The Hall–Kier alpha value is -0.260. The van der Waals surface area contributed by atoms with Crippen LogP contribution in [0.5, 0.6) is 0 Å². The van der Waals surface area contributed by atoms with Gasteiger partial charge in [-0.05, 0) is 42.8 Å². The van der Waals surface area contributed by atoms with Gasteiger partial charge in [-0.3, -0.25) is 4.79 Å². The van der Waals surface area contributed by atoms with E-state index >= 15 is 0 Å². The Labute approximate surface area is 185 Å². The molecule has 1 saturated carbocycles. The number of carbonyl (C=O) groups is 1. The molecule has 0 aromatic carbocycles. The smallest absolute Gasteiger partial charge is 0.308 e. The number of aliphatic hydroxyl groups is 1. The van der Waals surface area contributed by atoms with E-state index in [9.17, 15) is 9.90 Å². The minimum atomic E-state index is -0.764. The lowest BCUT2D eigenvalue weighted by Crippen LogP contribution is -2.62. The van der Waals surface area contributed by atoms with Crippen LogP contribution in [0.1, 0.15) is 58.3 Å². The molecule has 0 aromatic rings. The summed E-state index contributed by atoms with van der Waals surface area (Å²) in [5, 5.41) is 10.7. The fourth-order valence-electron chi connectivity index (χ4n) is 5.11. The van der Waals surface area contributed by atoms with E-state index in [0.717, 1.165) is 32.1 Å². The van der Waals surface area contributed by atoms with Gasteiger partial charge in [-0.1, -0.05) is 29.0 Å². The number of aliphatic hydroxyl groups excluding tert-OH is 1. The van der Waals surface area contributed by atoms with Gasteiger partial charge in [0.1, 0.15) is 30.5 Å². The van der Waals surface area contributed by atoms with Crippen LogP contribution in [0.4, 0.5) is 0 Å². The zero-order valence-electron chi connectivity index (χ0n) is 16.8. The third kappa shape index (κ3) is 4.67. The first-order valence-electron chi connectivity index (χ1n) is 10.8. The number of rotatable bonds is 5. The van der Waals surface area contributed by atoms with Gasteiger partial charge in [0.2, 0.25) is 0 Å². The van der Waals surface area contributed by atoms with Crippen LogP contribution in [0.3, 0.4) is 0 Å². The largest absolute Gasteiger partial charge is 0.466 e. The lowest BCUT2D eigenvalue weighted by Gasteiger charge is -2.47. The molecule has 8 heteroatoms. The predicted molar refractivity (Wildman–Crippen MR) is 113 cm³/mol. The minimum Gasteiger partial charge on any atom is -0.466 e. The normalized spacial score (nSPS) is 39.8. The first-order valence-corrected chi connectivity index (χ1v) is 12.1. The van der Waals surface area contributed by atoms with Gasteiger partial charge < -0.3 is 28.8 Å². The van der Waals surface area contributed by atoms with E-state index in [1.54, 1.807) is 17.1 Å². The maximum atomic E-state index is 11.9. The van der Waals surface area contributed by atoms with Crippen molar-refractivity contribution in [3.63, 3.8) is 0 Å². The molecular weight excluding hydrogens is 491 g/mol. The maximum Gasteiger partial charge on any atom is 0.308 e. The van der Waals surface area contributed by atoms with Gasteiger partial charge in [0.15, 0.2) is 5.79 Å². The molecule has 3 saturated heterocycles. The number of halogens is 1. The second-order valence-corrected chi connectivity index (χ2v) is 9.11. The molecule has 1 spiro atoms. The van der Waals surface area contributed by atoms with Gasteiger partial charge >= 0.3 is 5.97 Å². The van der Waals surface area contributed by atoms with Crippen LogP contribution >= 0.6 is 22.6 Å². The van der Waals surface area contributed by atoms with Crippen molar-refractivity contribution in [1.29, 1.82) is 0 Å². The number of hydrogen-bond donors (Lipinski definition) is 1. The summed E-state index contributed by atoms with van der Waals surface area (Å²) >= 11 is 2.10. The van der Waals surface area contributed by atoms with E-state index < -0.39 is 24.1 Å². The van der Waals surface area contributed by atoms with Gasteiger partial charge in [0.25, 0.3) is 0 Å². The summed E-state index contributed by atoms with van der Waals surface area (Å²) in [6, 6.07) is 0. The maximum absolute atomic E-state index is 11.9. The fraction of sp³-hybridized carbons (Fsp3) is 0.857. The van der Waals surface area contributed by atoms with Crippen molar-refractivity contribution >= 4 is 28.6 Å².